The van der Waals surface area contributed by atoms with Crippen LogP contribution < -0.4 is 9.64 Å². The fraction of sp³-hybridized carbons (Fsp3) is 0.143. The molecule has 2 aromatic heterocycles. The predicted octanol–water partition coefficient (Wildman–Crippen LogP) is 3.57. The van der Waals surface area contributed by atoms with Crippen molar-refractivity contribution in [1.29, 1.82) is 0 Å². The maximum Gasteiger partial charge on any atom is 0.251 e. The largest absolute Gasteiger partial charge is 0.489 e. The molecule has 144 valence electrons. The first kappa shape index (κ1) is 17.6. The third-order valence-corrected chi connectivity index (χ3v) is 5.62. The number of rotatable bonds is 4. The molecule has 0 saturated carbocycles. The first-order valence-electron chi connectivity index (χ1n) is 9.20. The quantitative estimate of drug-likeness (QED) is 0.521. The third kappa shape index (κ3) is 3.38. The van der Waals surface area contributed by atoms with Gasteiger partial charge in [0.2, 0.25) is 5.82 Å². The van der Waals surface area contributed by atoms with Gasteiger partial charge in [-0.2, -0.15) is 4.80 Å². The van der Waals surface area contributed by atoms with E-state index in [0.717, 1.165) is 16.1 Å². The highest BCUT2D eigenvalue weighted by atomic mass is 32.1. The van der Waals surface area contributed by atoms with E-state index in [2.05, 4.69) is 15.4 Å². The number of fused-ring (bicyclic) bond motifs is 1. The molecule has 0 unspecified atom stereocenters. The highest BCUT2D eigenvalue weighted by Crippen LogP contribution is 2.39. The second-order valence-corrected chi connectivity index (χ2v) is 7.54. The van der Waals surface area contributed by atoms with E-state index in [-0.39, 0.29) is 18.5 Å². The van der Waals surface area contributed by atoms with Gasteiger partial charge in [-0.3, -0.25) is 9.69 Å². The van der Waals surface area contributed by atoms with Crippen LogP contribution >= 0.6 is 11.3 Å². The number of carbonyl (C=O) groups is 1. The summed E-state index contributed by atoms with van der Waals surface area (Å²) in [5, 5.41) is 14.5. The number of tetrazole rings is 1. The molecule has 1 amide bonds. The van der Waals surface area contributed by atoms with Gasteiger partial charge in [0.05, 0.1) is 16.6 Å². The van der Waals surface area contributed by atoms with Crippen molar-refractivity contribution in [3.63, 3.8) is 0 Å². The molecule has 0 spiro atoms. The molecule has 8 heteroatoms. The molecular weight excluding hydrogens is 386 g/mol. The van der Waals surface area contributed by atoms with E-state index in [9.17, 15) is 4.79 Å². The lowest BCUT2D eigenvalue weighted by molar-refractivity contribution is -0.120. The number of hydrogen-bond acceptors (Lipinski definition) is 6. The van der Waals surface area contributed by atoms with Crippen molar-refractivity contribution in [2.75, 3.05) is 11.5 Å². The Labute approximate surface area is 171 Å². The first-order valence-corrected chi connectivity index (χ1v) is 10.1. The molecule has 1 aliphatic heterocycles. The highest BCUT2D eigenvalue weighted by Gasteiger charge is 2.33. The van der Waals surface area contributed by atoms with Crippen molar-refractivity contribution in [3.05, 3.63) is 77.7 Å². The Bertz CT molecular complexity index is 1130. The first-order chi connectivity index (χ1) is 14.3. The molecule has 2 aromatic carbocycles. The number of carbonyl (C=O) groups excluding carboxylic acids is 1. The lowest BCUT2D eigenvalue weighted by atomic mass is 10.0. The summed E-state index contributed by atoms with van der Waals surface area (Å²) in [7, 11) is 0. The zero-order valence-electron chi connectivity index (χ0n) is 15.4. The van der Waals surface area contributed by atoms with Crippen LogP contribution in [0.2, 0.25) is 0 Å². The number of aromatic nitrogens is 4. The lowest BCUT2D eigenvalue weighted by Crippen LogP contribution is -2.43. The van der Waals surface area contributed by atoms with Crippen LogP contribution in [0.4, 0.5) is 5.69 Å². The molecule has 7 nitrogen and oxygen atoms in total. The zero-order valence-corrected chi connectivity index (χ0v) is 16.2. The van der Waals surface area contributed by atoms with Gasteiger partial charge in [-0.15, -0.1) is 21.5 Å². The number of para-hydroxylation sites is 2. The number of amides is 1. The Balaban J connectivity index is 1.46. The summed E-state index contributed by atoms with van der Waals surface area (Å²) in [5.74, 6) is 1.10. The number of hydrogen-bond donors (Lipinski definition) is 0. The molecule has 0 bridgehead atoms. The fourth-order valence-corrected chi connectivity index (χ4v) is 4.08. The molecule has 5 rings (SSSR count). The van der Waals surface area contributed by atoms with E-state index in [4.69, 9.17) is 4.74 Å². The monoisotopic (exact) mass is 403 g/mol. The molecule has 1 aliphatic rings. The molecule has 0 fully saturated rings. The maximum absolute atomic E-state index is 13.4. The zero-order chi connectivity index (χ0) is 19.6. The second-order valence-electron chi connectivity index (χ2n) is 6.59. The third-order valence-electron chi connectivity index (χ3n) is 4.76. The molecule has 3 heterocycles. The maximum atomic E-state index is 13.4. The van der Waals surface area contributed by atoms with Crippen LogP contribution in [-0.4, -0.2) is 32.7 Å². The molecule has 29 heavy (non-hydrogen) atoms. The van der Waals surface area contributed by atoms with Gasteiger partial charge >= 0.3 is 0 Å². The molecule has 0 radical (unpaired) electrons. The second kappa shape index (κ2) is 7.48. The minimum absolute atomic E-state index is 0.00393. The normalized spacial score (nSPS) is 15.6. The van der Waals surface area contributed by atoms with Crippen LogP contribution in [0.5, 0.6) is 5.75 Å². The van der Waals surface area contributed by atoms with Crippen LogP contribution in [0.3, 0.4) is 0 Å². The summed E-state index contributed by atoms with van der Waals surface area (Å²) in [6.07, 6.45) is 0. The van der Waals surface area contributed by atoms with E-state index < -0.39 is 0 Å². The van der Waals surface area contributed by atoms with Crippen molar-refractivity contribution in [3.8, 4) is 16.5 Å². The van der Waals surface area contributed by atoms with E-state index >= 15 is 0 Å². The van der Waals surface area contributed by atoms with Crippen LogP contribution in [0.1, 0.15) is 11.6 Å². The Kier molecular flexibility index (Phi) is 4.53. The van der Waals surface area contributed by atoms with Gasteiger partial charge < -0.3 is 4.74 Å². The van der Waals surface area contributed by atoms with Gasteiger partial charge in [0.25, 0.3) is 5.91 Å². The summed E-state index contributed by atoms with van der Waals surface area (Å²) in [6, 6.07) is 21.1. The Morgan fingerprint density at radius 1 is 1.07 bits per heavy atom. The highest BCUT2D eigenvalue weighted by molar-refractivity contribution is 7.13. The number of anilines is 1. The molecule has 1 atom stereocenters. The number of ether oxygens (including phenoxy) is 1. The van der Waals surface area contributed by atoms with Crippen LogP contribution in [0, 0.1) is 0 Å². The summed E-state index contributed by atoms with van der Waals surface area (Å²) in [4.78, 5) is 17.4. The lowest BCUT2D eigenvalue weighted by Gasteiger charge is -2.37. The van der Waals surface area contributed by atoms with Crippen molar-refractivity contribution in [2.24, 2.45) is 0 Å². The minimum Gasteiger partial charge on any atom is -0.489 e. The average Bonchev–Trinajstić information content (AvgIpc) is 3.45. The molecule has 0 aliphatic carbocycles. The van der Waals surface area contributed by atoms with Crippen molar-refractivity contribution in [2.45, 2.75) is 12.6 Å². The van der Waals surface area contributed by atoms with Gasteiger partial charge in [-0.05, 0) is 34.4 Å². The molecular formula is C21H17N5O2S. The number of benzene rings is 2. The molecule has 4 aromatic rings. The van der Waals surface area contributed by atoms with E-state index in [1.165, 1.54) is 16.1 Å². The molecule has 0 N–H and O–H groups in total. The number of nitrogens with zero attached hydrogens (tertiary/aromatic N) is 5. The topological polar surface area (TPSA) is 73.1 Å². The Hall–Kier alpha value is -3.52. The summed E-state index contributed by atoms with van der Waals surface area (Å²) in [6.45, 7) is 0.383. The fourth-order valence-electron chi connectivity index (χ4n) is 3.43. The van der Waals surface area contributed by atoms with Gasteiger partial charge in [-0.1, -0.05) is 48.5 Å². The summed E-state index contributed by atoms with van der Waals surface area (Å²) < 4.78 is 5.93. The molecule has 0 saturated heterocycles. The standard InChI is InChI=1S/C21H17N5O2S/c27-20(13-25-23-21(22-24-25)19-11-6-12-29-19)26-16-9-4-5-10-18(16)28-14-17(26)15-7-2-1-3-8-15/h1-12,17H,13-14H2/t17-/m0/s1. The number of thiophene rings is 1. The minimum atomic E-state index is -0.223. The van der Waals surface area contributed by atoms with Crippen molar-refractivity contribution in [1.82, 2.24) is 20.2 Å². The Morgan fingerprint density at radius 2 is 1.90 bits per heavy atom. The van der Waals surface area contributed by atoms with Crippen LogP contribution in [0.25, 0.3) is 10.7 Å². The van der Waals surface area contributed by atoms with Crippen molar-refractivity contribution >= 4 is 22.9 Å². The van der Waals surface area contributed by atoms with E-state index in [1.807, 2.05) is 72.1 Å². The van der Waals surface area contributed by atoms with Crippen LogP contribution in [0.15, 0.2) is 72.1 Å². The van der Waals surface area contributed by atoms with Crippen molar-refractivity contribution < 1.29 is 9.53 Å². The van der Waals surface area contributed by atoms with Gasteiger partial charge in [0.15, 0.2) is 0 Å². The predicted molar refractivity (Wildman–Crippen MR) is 110 cm³/mol. The smallest absolute Gasteiger partial charge is 0.251 e. The van der Waals surface area contributed by atoms with Gasteiger partial charge in [-0.25, -0.2) is 0 Å². The van der Waals surface area contributed by atoms with Gasteiger partial charge in [0.1, 0.15) is 18.9 Å². The summed E-state index contributed by atoms with van der Waals surface area (Å²) >= 11 is 1.53. The SMILES string of the molecule is O=C(Cn1nnc(-c2cccs2)n1)N1c2ccccc2OC[C@H]1c1ccccc1. The van der Waals surface area contributed by atoms with Gasteiger partial charge in [0, 0.05) is 0 Å². The summed E-state index contributed by atoms with van der Waals surface area (Å²) in [5.41, 5.74) is 1.76. The van der Waals surface area contributed by atoms with E-state index in [0.29, 0.717) is 18.2 Å². The van der Waals surface area contributed by atoms with Crippen LogP contribution in [-0.2, 0) is 11.3 Å². The Morgan fingerprint density at radius 3 is 2.72 bits per heavy atom. The average molecular weight is 403 g/mol. The van der Waals surface area contributed by atoms with E-state index in [1.54, 1.807) is 4.90 Å².